The average molecular weight is 354 g/mol. The zero-order chi connectivity index (χ0) is 18.8. The minimum atomic E-state index is -0.763. The van der Waals surface area contributed by atoms with E-state index >= 15 is 0 Å². The molecule has 2 rings (SSSR count). The predicted molar refractivity (Wildman–Crippen MR) is 97.7 cm³/mol. The Kier molecular flexibility index (Phi) is 7.36. The van der Waals surface area contributed by atoms with Crippen LogP contribution in [0.4, 0.5) is 0 Å². The van der Waals surface area contributed by atoms with Crippen molar-refractivity contribution in [2.24, 2.45) is 0 Å². The number of nitrogens with one attached hydrogen (secondary N) is 2. The molecule has 0 aromatic heterocycles. The summed E-state index contributed by atoms with van der Waals surface area (Å²) >= 11 is 0. The molecular weight excluding hydrogens is 332 g/mol. The lowest BCUT2D eigenvalue weighted by molar-refractivity contribution is -0.143. The van der Waals surface area contributed by atoms with Gasteiger partial charge in [-0.15, -0.1) is 0 Å². The van der Waals surface area contributed by atoms with Crippen molar-refractivity contribution in [1.29, 1.82) is 0 Å². The molecule has 26 heavy (non-hydrogen) atoms. The Morgan fingerprint density at radius 3 is 1.96 bits per heavy atom. The lowest BCUT2D eigenvalue weighted by Gasteiger charge is -2.16. The molecule has 0 spiro atoms. The van der Waals surface area contributed by atoms with Gasteiger partial charge in [-0.2, -0.15) is 0 Å². The van der Waals surface area contributed by atoms with Crippen LogP contribution in [0.25, 0.3) is 0 Å². The molecular formula is C20H22N2O4. The highest BCUT2D eigenvalue weighted by Crippen LogP contribution is 2.04. The maximum absolute atomic E-state index is 12.2. The van der Waals surface area contributed by atoms with Gasteiger partial charge in [0.15, 0.2) is 0 Å². The topological polar surface area (TPSA) is 84.5 Å². The summed E-state index contributed by atoms with van der Waals surface area (Å²) in [4.78, 5) is 36.1. The third-order valence-corrected chi connectivity index (χ3v) is 3.82. The average Bonchev–Trinajstić information content (AvgIpc) is 2.70. The molecule has 6 heteroatoms. The second kappa shape index (κ2) is 9.98. The summed E-state index contributed by atoms with van der Waals surface area (Å²) < 4.78 is 4.76. The first-order chi connectivity index (χ1) is 12.6. The Morgan fingerprint density at radius 1 is 0.885 bits per heavy atom. The second-order valence-electron chi connectivity index (χ2n) is 5.68. The van der Waals surface area contributed by atoms with E-state index in [1.54, 1.807) is 48.5 Å². The van der Waals surface area contributed by atoms with Crippen LogP contribution in [0.15, 0.2) is 60.7 Å². The Morgan fingerprint density at radius 2 is 1.42 bits per heavy atom. The largest absolute Gasteiger partial charge is 0.467 e. The van der Waals surface area contributed by atoms with Crippen molar-refractivity contribution in [1.82, 2.24) is 10.6 Å². The minimum Gasteiger partial charge on any atom is -0.467 e. The van der Waals surface area contributed by atoms with Gasteiger partial charge in [-0.25, -0.2) is 4.79 Å². The molecule has 0 unspecified atom stereocenters. The number of carbonyl (C=O) groups excluding carboxylic acids is 3. The van der Waals surface area contributed by atoms with Crippen LogP contribution in [-0.2, 0) is 9.53 Å². The van der Waals surface area contributed by atoms with Crippen molar-refractivity contribution >= 4 is 17.8 Å². The van der Waals surface area contributed by atoms with Crippen molar-refractivity contribution in [3.05, 3.63) is 71.8 Å². The van der Waals surface area contributed by atoms with Gasteiger partial charge in [0.25, 0.3) is 11.8 Å². The van der Waals surface area contributed by atoms with Crippen LogP contribution in [0, 0.1) is 0 Å². The van der Waals surface area contributed by atoms with Crippen molar-refractivity contribution < 1.29 is 19.1 Å². The number of benzene rings is 2. The van der Waals surface area contributed by atoms with Gasteiger partial charge in [-0.05, 0) is 37.1 Å². The summed E-state index contributed by atoms with van der Waals surface area (Å²) in [5.74, 6) is -1.02. The van der Waals surface area contributed by atoms with Gasteiger partial charge in [-0.1, -0.05) is 36.4 Å². The Labute approximate surface area is 152 Å². The van der Waals surface area contributed by atoms with Gasteiger partial charge in [0.05, 0.1) is 7.11 Å². The standard InChI is InChI=1S/C20H22N2O4/c1-26-20(25)17(22-19(24)16-11-6-3-7-12-16)13-8-14-21-18(23)15-9-4-2-5-10-15/h2-7,9-12,17H,8,13-14H2,1H3,(H,21,23)(H,22,24)/t17-/m0/s1. The first-order valence-electron chi connectivity index (χ1n) is 8.39. The quantitative estimate of drug-likeness (QED) is 0.562. The molecule has 0 aliphatic heterocycles. The van der Waals surface area contributed by atoms with Crippen LogP contribution in [0.3, 0.4) is 0 Å². The molecule has 0 radical (unpaired) electrons. The molecule has 1 atom stereocenters. The molecule has 6 nitrogen and oxygen atoms in total. The molecule has 0 fully saturated rings. The summed E-state index contributed by atoms with van der Waals surface area (Å²) in [5, 5.41) is 5.47. The molecule has 0 aliphatic rings. The highest BCUT2D eigenvalue weighted by molar-refractivity contribution is 5.96. The minimum absolute atomic E-state index is 0.173. The molecule has 2 aromatic carbocycles. The van der Waals surface area contributed by atoms with E-state index in [-0.39, 0.29) is 11.8 Å². The third kappa shape index (κ3) is 5.73. The number of rotatable bonds is 8. The molecule has 0 bridgehead atoms. The van der Waals surface area contributed by atoms with Crippen LogP contribution >= 0.6 is 0 Å². The van der Waals surface area contributed by atoms with E-state index in [0.29, 0.717) is 30.5 Å². The third-order valence-electron chi connectivity index (χ3n) is 3.82. The molecule has 2 aromatic rings. The number of hydrogen-bond donors (Lipinski definition) is 2. The lowest BCUT2D eigenvalue weighted by Crippen LogP contribution is -2.42. The number of hydrogen-bond acceptors (Lipinski definition) is 4. The van der Waals surface area contributed by atoms with Crippen LogP contribution in [0.2, 0.25) is 0 Å². The number of amides is 2. The van der Waals surface area contributed by atoms with E-state index in [1.165, 1.54) is 7.11 Å². The van der Waals surface area contributed by atoms with Gasteiger partial charge >= 0.3 is 5.97 Å². The van der Waals surface area contributed by atoms with Crippen LogP contribution < -0.4 is 10.6 Å². The lowest BCUT2D eigenvalue weighted by atomic mass is 10.1. The molecule has 2 amide bonds. The highest BCUT2D eigenvalue weighted by Gasteiger charge is 2.21. The SMILES string of the molecule is COC(=O)[C@H](CCCNC(=O)c1ccccc1)NC(=O)c1ccccc1. The number of methoxy groups -OCH3 is 1. The predicted octanol–water partition coefficient (Wildman–Crippen LogP) is 2.17. The summed E-state index contributed by atoms with van der Waals surface area (Å²) in [6.45, 7) is 0.391. The van der Waals surface area contributed by atoms with E-state index in [2.05, 4.69) is 10.6 Å². The summed E-state index contributed by atoms with van der Waals surface area (Å²) in [6.07, 6.45) is 0.883. The van der Waals surface area contributed by atoms with E-state index in [4.69, 9.17) is 4.74 Å². The molecule has 0 saturated heterocycles. The Hall–Kier alpha value is -3.15. The zero-order valence-electron chi connectivity index (χ0n) is 14.6. The smallest absolute Gasteiger partial charge is 0.328 e. The van der Waals surface area contributed by atoms with Crippen molar-refractivity contribution in [2.75, 3.05) is 13.7 Å². The summed E-state index contributed by atoms with van der Waals surface area (Å²) in [5.41, 5.74) is 1.05. The van der Waals surface area contributed by atoms with Crippen molar-refractivity contribution in [3.63, 3.8) is 0 Å². The fourth-order valence-electron chi connectivity index (χ4n) is 2.42. The maximum atomic E-state index is 12.2. The van der Waals surface area contributed by atoms with Crippen LogP contribution in [-0.4, -0.2) is 37.5 Å². The van der Waals surface area contributed by atoms with Gasteiger partial charge in [0, 0.05) is 17.7 Å². The van der Waals surface area contributed by atoms with Crippen molar-refractivity contribution in [2.45, 2.75) is 18.9 Å². The first-order valence-corrected chi connectivity index (χ1v) is 8.39. The van der Waals surface area contributed by atoms with E-state index in [1.807, 2.05) is 12.1 Å². The van der Waals surface area contributed by atoms with E-state index < -0.39 is 12.0 Å². The number of carbonyl (C=O) groups is 3. The Bertz CT molecular complexity index is 732. The van der Waals surface area contributed by atoms with Gasteiger partial charge < -0.3 is 15.4 Å². The molecule has 2 N–H and O–H groups in total. The maximum Gasteiger partial charge on any atom is 0.328 e. The van der Waals surface area contributed by atoms with Gasteiger partial charge in [0.2, 0.25) is 0 Å². The van der Waals surface area contributed by atoms with E-state index in [0.717, 1.165) is 0 Å². The van der Waals surface area contributed by atoms with Crippen molar-refractivity contribution in [3.8, 4) is 0 Å². The zero-order valence-corrected chi connectivity index (χ0v) is 14.6. The van der Waals surface area contributed by atoms with Gasteiger partial charge in [0.1, 0.15) is 6.04 Å². The second-order valence-corrected chi connectivity index (χ2v) is 5.68. The number of ether oxygens (including phenoxy) is 1. The van der Waals surface area contributed by atoms with Crippen LogP contribution in [0.1, 0.15) is 33.6 Å². The Balaban J connectivity index is 1.83. The highest BCUT2D eigenvalue weighted by atomic mass is 16.5. The fraction of sp³-hybridized carbons (Fsp3) is 0.250. The van der Waals surface area contributed by atoms with Gasteiger partial charge in [-0.3, -0.25) is 9.59 Å². The molecule has 0 aliphatic carbocycles. The van der Waals surface area contributed by atoms with E-state index in [9.17, 15) is 14.4 Å². The summed E-state index contributed by atoms with van der Waals surface area (Å²) in [6, 6.07) is 16.8. The summed E-state index contributed by atoms with van der Waals surface area (Å²) in [7, 11) is 1.28. The first kappa shape index (κ1) is 19.2. The monoisotopic (exact) mass is 354 g/mol. The number of esters is 1. The normalized spacial score (nSPS) is 11.3. The molecule has 136 valence electrons. The molecule has 0 heterocycles. The fourth-order valence-corrected chi connectivity index (χ4v) is 2.42. The molecule has 0 saturated carbocycles. The van der Waals surface area contributed by atoms with Crippen LogP contribution in [0.5, 0.6) is 0 Å².